The van der Waals surface area contributed by atoms with Crippen LogP contribution >= 0.6 is 0 Å². The summed E-state index contributed by atoms with van der Waals surface area (Å²) in [5, 5.41) is 4.17. The molecule has 0 aliphatic rings. The average molecular weight is 316 g/mol. The van der Waals surface area contributed by atoms with Crippen molar-refractivity contribution in [1.29, 1.82) is 0 Å². The van der Waals surface area contributed by atoms with E-state index in [0.29, 0.717) is 17.0 Å². The Morgan fingerprint density at radius 1 is 1.39 bits per heavy atom. The summed E-state index contributed by atoms with van der Waals surface area (Å²) >= 11 is 0. The molecule has 120 valence electrons. The van der Waals surface area contributed by atoms with Crippen molar-refractivity contribution in [3.8, 4) is 11.3 Å². The summed E-state index contributed by atoms with van der Waals surface area (Å²) in [7, 11) is 0. The van der Waals surface area contributed by atoms with Crippen molar-refractivity contribution in [2.24, 2.45) is 10.9 Å². The number of aromatic nitrogens is 3. The lowest BCUT2D eigenvalue weighted by atomic mass is 10.0. The fourth-order valence-electron chi connectivity index (χ4n) is 1.97. The Bertz CT molecular complexity index is 745. The van der Waals surface area contributed by atoms with Gasteiger partial charge in [0.1, 0.15) is 5.69 Å². The monoisotopic (exact) mass is 316 g/mol. The number of alkyl halides is 2. The molecule has 2 aromatic heterocycles. The van der Waals surface area contributed by atoms with Gasteiger partial charge in [0.2, 0.25) is 0 Å². The Labute approximate surface area is 133 Å². The minimum Gasteiger partial charge on any atom is -0.270 e. The highest BCUT2D eigenvalue weighted by molar-refractivity contribution is 5.62. The Balaban J connectivity index is 2.41. The van der Waals surface area contributed by atoms with Gasteiger partial charge in [0, 0.05) is 17.7 Å². The van der Waals surface area contributed by atoms with Gasteiger partial charge in [-0.2, -0.15) is 13.9 Å². The molecule has 2 rings (SSSR count). The lowest BCUT2D eigenvalue weighted by Gasteiger charge is -2.19. The van der Waals surface area contributed by atoms with Crippen LogP contribution < -0.4 is 0 Å². The zero-order chi connectivity index (χ0) is 17.0. The second-order valence-corrected chi connectivity index (χ2v) is 5.30. The summed E-state index contributed by atoms with van der Waals surface area (Å²) in [6, 6.07) is 4.58. The SMILES string of the molecule is C=C/C(=C\N=C)n1cc(-c2cccc(C(F)(F)C(C)C)n2)cn1. The van der Waals surface area contributed by atoms with Crippen molar-refractivity contribution in [1.82, 2.24) is 14.8 Å². The normalized spacial score (nSPS) is 12.5. The van der Waals surface area contributed by atoms with Gasteiger partial charge >= 0.3 is 0 Å². The van der Waals surface area contributed by atoms with Gasteiger partial charge in [-0.05, 0) is 24.9 Å². The number of rotatable bonds is 6. The molecule has 0 radical (unpaired) electrons. The summed E-state index contributed by atoms with van der Waals surface area (Å²) in [6.45, 7) is 9.99. The maximum absolute atomic E-state index is 14.1. The highest BCUT2D eigenvalue weighted by Gasteiger charge is 2.37. The van der Waals surface area contributed by atoms with Crippen molar-refractivity contribution in [2.75, 3.05) is 0 Å². The van der Waals surface area contributed by atoms with Crippen LogP contribution in [0.15, 0.2) is 54.4 Å². The van der Waals surface area contributed by atoms with Crippen LogP contribution in [0.2, 0.25) is 0 Å². The zero-order valence-corrected chi connectivity index (χ0v) is 13.1. The summed E-state index contributed by atoms with van der Waals surface area (Å²) in [5.41, 5.74) is 1.44. The molecule has 0 aliphatic carbocycles. The van der Waals surface area contributed by atoms with Crippen LogP contribution in [0.3, 0.4) is 0 Å². The number of hydrogen-bond donors (Lipinski definition) is 0. The topological polar surface area (TPSA) is 43.1 Å². The van der Waals surface area contributed by atoms with Crippen molar-refractivity contribution in [3.63, 3.8) is 0 Å². The van der Waals surface area contributed by atoms with Crippen LogP contribution in [-0.2, 0) is 5.92 Å². The summed E-state index contributed by atoms with van der Waals surface area (Å²) in [4.78, 5) is 7.77. The van der Waals surface area contributed by atoms with Crippen molar-refractivity contribution >= 4 is 12.4 Å². The van der Waals surface area contributed by atoms with Gasteiger partial charge in [0.25, 0.3) is 5.92 Å². The maximum atomic E-state index is 14.1. The molecule has 0 saturated carbocycles. The van der Waals surface area contributed by atoms with E-state index in [1.54, 1.807) is 30.6 Å². The molecule has 6 heteroatoms. The van der Waals surface area contributed by atoms with Crippen molar-refractivity contribution in [3.05, 3.63) is 55.1 Å². The Morgan fingerprint density at radius 2 is 2.13 bits per heavy atom. The van der Waals surface area contributed by atoms with Crippen LogP contribution in [0, 0.1) is 5.92 Å². The maximum Gasteiger partial charge on any atom is 0.291 e. The molecule has 0 unspecified atom stereocenters. The fourth-order valence-corrected chi connectivity index (χ4v) is 1.97. The third kappa shape index (κ3) is 3.41. The second-order valence-electron chi connectivity index (χ2n) is 5.30. The van der Waals surface area contributed by atoms with Crippen molar-refractivity contribution in [2.45, 2.75) is 19.8 Å². The van der Waals surface area contributed by atoms with Crippen molar-refractivity contribution < 1.29 is 8.78 Å². The molecule has 0 atom stereocenters. The molecule has 2 heterocycles. The fraction of sp³-hybridized carbons (Fsp3) is 0.235. The minimum absolute atomic E-state index is 0.245. The summed E-state index contributed by atoms with van der Waals surface area (Å²) in [5.74, 6) is -3.81. The predicted molar refractivity (Wildman–Crippen MR) is 88.2 cm³/mol. The van der Waals surface area contributed by atoms with Gasteiger partial charge < -0.3 is 0 Å². The zero-order valence-electron chi connectivity index (χ0n) is 13.1. The quantitative estimate of drug-likeness (QED) is 0.586. The van der Waals surface area contributed by atoms with E-state index < -0.39 is 11.8 Å². The third-order valence-corrected chi connectivity index (χ3v) is 3.39. The molecular weight excluding hydrogens is 298 g/mol. The first-order valence-electron chi connectivity index (χ1n) is 7.09. The molecule has 0 N–H and O–H groups in total. The summed E-state index contributed by atoms with van der Waals surface area (Å²) in [6.07, 6.45) is 6.31. The molecule has 0 bridgehead atoms. The molecule has 0 aromatic carbocycles. The second kappa shape index (κ2) is 6.64. The van der Waals surface area contributed by atoms with Gasteiger partial charge in [-0.25, -0.2) is 9.67 Å². The van der Waals surface area contributed by atoms with E-state index in [2.05, 4.69) is 28.4 Å². The molecule has 0 saturated heterocycles. The Hall–Kier alpha value is -2.63. The number of halogens is 2. The van der Waals surface area contributed by atoms with E-state index in [1.165, 1.54) is 30.8 Å². The standard InChI is InChI=1S/C17H18F2N4/c1-5-14(10-20-4)23-11-13(9-21-23)15-7-6-8-16(22-15)17(18,19)12(2)3/h5-12H,1,4H2,2-3H3/b14-10+. The van der Waals surface area contributed by atoms with Gasteiger partial charge in [0.05, 0.1) is 23.8 Å². The number of hydrogen-bond acceptors (Lipinski definition) is 3. The van der Waals surface area contributed by atoms with E-state index in [1.807, 2.05) is 0 Å². The minimum atomic E-state index is -2.98. The van der Waals surface area contributed by atoms with Gasteiger partial charge in [-0.15, -0.1) is 0 Å². The lowest BCUT2D eigenvalue weighted by Crippen LogP contribution is -2.22. The number of pyridine rings is 1. The predicted octanol–water partition coefficient (Wildman–Crippen LogP) is 4.38. The molecular formula is C17H18F2N4. The number of aliphatic imine (C=N–C) groups is 1. The molecule has 23 heavy (non-hydrogen) atoms. The van der Waals surface area contributed by atoms with Crippen LogP contribution in [0.25, 0.3) is 17.0 Å². The first-order chi connectivity index (χ1) is 10.9. The summed E-state index contributed by atoms with van der Waals surface area (Å²) < 4.78 is 29.8. The van der Waals surface area contributed by atoms with E-state index >= 15 is 0 Å². The van der Waals surface area contributed by atoms with Crippen LogP contribution in [-0.4, -0.2) is 21.5 Å². The molecule has 0 fully saturated rings. The average Bonchev–Trinajstić information content (AvgIpc) is 3.02. The van der Waals surface area contributed by atoms with Crippen LogP contribution in [0.4, 0.5) is 8.78 Å². The molecule has 0 amide bonds. The van der Waals surface area contributed by atoms with Crippen LogP contribution in [0.5, 0.6) is 0 Å². The van der Waals surface area contributed by atoms with E-state index in [4.69, 9.17) is 0 Å². The molecule has 4 nitrogen and oxygen atoms in total. The van der Waals surface area contributed by atoms with Crippen LogP contribution in [0.1, 0.15) is 19.5 Å². The number of allylic oxidation sites excluding steroid dienone is 2. The van der Waals surface area contributed by atoms with E-state index in [0.717, 1.165) is 0 Å². The Kier molecular flexibility index (Phi) is 4.83. The lowest BCUT2D eigenvalue weighted by molar-refractivity contribution is -0.0553. The number of nitrogens with zero attached hydrogens (tertiary/aromatic N) is 4. The molecule has 0 aliphatic heterocycles. The Morgan fingerprint density at radius 3 is 2.74 bits per heavy atom. The van der Waals surface area contributed by atoms with E-state index in [9.17, 15) is 8.78 Å². The van der Waals surface area contributed by atoms with Gasteiger partial charge in [-0.3, -0.25) is 4.99 Å². The molecule has 0 spiro atoms. The van der Waals surface area contributed by atoms with E-state index in [-0.39, 0.29) is 5.69 Å². The van der Waals surface area contributed by atoms with Gasteiger partial charge in [0.15, 0.2) is 0 Å². The first kappa shape index (κ1) is 16.7. The smallest absolute Gasteiger partial charge is 0.270 e. The third-order valence-electron chi connectivity index (χ3n) is 3.39. The molecule has 2 aromatic rings. The first-order valence-corrected chi connectivity index (χ1v) is 7.09. The highest BCUT2D eigenvalue weighted by Crippen LogP contribution is 2.35. The van der Waals surface area contributed by atoms with Gasteiger partial charge in [-0.1, -0.05) is 26.5 Å². The largest absolute Gasteiger partial charge is 0.291 e. The highest BCUT2D eigenvalue weighted by atomic mass is 19.3.